The first-order valence-electron chi connectivity index (χ1n) is 7.83. The molecule has 4 rings (SSSR count). The number of fused-ring (bicyclic) bond motifs is 1. The Bertz CT molecular complexity index is 1100. The van der Waals surface area contributed by atoms with Gasteiger partial charge in [-0.05, 0) is 30.3 Å². The first kappa shape index (κ1) is 15.8. The van der Waals surface area contributed by atoms with Crippen LogP contribution in [-0.4, -0.2) is 0 Å². The second-order valence-corrected chi connectivity index (χ2v) is 6.58. The Morgan fingerprint density at radius 2 is 1.60 bits per heavy atom. The Morgan fingerprint density at radius 1 is 0.840 bits per heavy atom. The van der Waals surface area contributed by atoms with Crippen molar-refractivity contribution in [3.05, 3.63) is 94.5 Å². The third-order valence-corrected chi connectivity index (χ3v) is 4.40. The molecule has 0 spiro atoms. The predicted octanol–water partition coefficient (Wildman–Crippen LogP) is 4.31. The molecule has 4 heteroatoms. The number of halogens is 2. The van der Waals surface area contributed by atoms with Gasteiger partial charge >= 0.3 is 0 Å². The molecule has 1 aromatic heterocycles. The van der Waals surface area contributed by atoms with E-state index in [4.69, 9.17) is 4.42 Å². The van der Waals surface area contributed by atoms with E-state index < -0.39 is 0 Å². The molecule has 122 valence electrons. The van der Waals surface area contributed by atoms with Gasteiger partial charge in [-0.3, -0.25) is 0 Å². The first-order valence-corrected chi connectivity index (χ1v) is 8.63. The average Bonchev–Trinajstić information content (AvgIpc) is 2.64. The molecule has 0 fully saturated rings. The van der Waals surface area contributed by atoms with Crippen LogP contribution in [0.5, 0.6) is 0 Å². The van der Waals surface area contributed by atoms with E-state index >= 15 is 0 Å². The molecule has 2 nitrogen and oxygen atoms in total. The lowest BCUT2D eigenvalue weighted by Gasteiger charge is -2.03. The zero-order chi connectivity index (χ0) is 17.2. The van der Waals surface area contributed by atoms with E-state index in [9.17, 15) is 4.39 Å². The SMILES string of the molecule is Fc1ccc([NH+]=c2cc(-c3ccccc3)oc3ccc(Br)cc23)cc1. The van der Waals surface area contributed by atoms with Gasteiger partial charge in [0.05, 0.1) is 11.5 Å². The quantitative estimate of drug-likeness (QED) is 0.538. The maximum Gasteiger partial charge on any atom is 0.218 e. The summed E-state index contributed by atoms with van der Waals surface area (Å²) in [5.74, 6) is 0.506. The molecule has 0 aliphatic heterocycles. The zero-order valence-electron chi connectivity index (χ0n) is 13.2. The second kappa shape index (κ2) is 6.65. The van der Waals surface area contributed by atoms with Crippen molar-refractivity contribution in [2.24, 2.45) is 0 Å². The van der Waals surface area contributed by atoms with Gasteiger partial charge in [-0.25, -0.2) is 9.38 Å². The van der Waals surface area contributed by atoms with Crippen LogP contribution in [0.4, 0.5) is 10.1 Å². The highest BCUT2D eigenvalue weighted by Crippen LogP contribution is 2.23. The summed E-state index contributed by atoms with van der Waals surface area (Å²) in [6, 6.07) is 24.1. The molecule has 0 unspecified atom stereocenters. The van der Waals surface area contributed by atoms with Gasteiger partial charge in [-0.2, -0.15) is 0 Å². The highest BCUT2D eigenvalue weighted by molar-refractivity contribution is 9.10. The van der Waals surface area contributed by atoms with Gasteiger partial charge in [0.1, 0.15) is 17.2 Å². The molecule has 0 atom stereocenters. The lowest BCUT2D eigenvalue weighted by molar-refractivity contribution is -0.400. The van der Waals surface area contributed by atoms with Gasteiger partial charge < -0.3 is 4.42 Å². The average molecular weight is 395 g/mol. The van der Waals surface area contributed by atoms with Crippen LogP contribution >= 0.6 is 15.9 Å². The highest BCUT2D eigenvalue weighted by atomic mass is 79.9. The van der Waals surface area contributed by atoms with Crippen molar-refractivity contribution in [3.8, 4) is 11.3 Å². The molecule has 0 amide bonds. The molecule has 3 aromatic carbocycles. The monoisotopic (exact) mass is 394 g/mol. The maximum absolute atomic E-state index is 13.2. The highest BCUT2D eigenvalue weighted by Gasteiger charge is 2.10. The van der Waals surface area contributed by atoms with E-state index in [0.29, 0.717) is 0 Å². The number of benzene rings is 3. The van der Waals surface area contributed by atoms with E-state index in [1.165, 1.54) is 12.1 Å². The lowest BCUT2D eigenvalue weighted by atomic mass is 10.1. The Balaban J connectivity index is 2.00. The Labute approximate surface area is 152 Å². The maximum atomic E-state index is 13.2. The van der Waals surface area contributed by atoms with Crippen LogP contribution in [-0.2, 0) is 0 Å². The second-order valence-electron chi connectivity index (χ2n) is 5.66. The standard InChI is InChI=1S/C21H13BrFNO/c22-15-6-11-20-18(12-15)19(24-17-9-7-16(23)8-10-17)13-21(25-20)14-4-2-1-3-5-14/h1-13H/p+1. The van der Waals surface area contributed by atoms with Crippen LogP contribution in [0.15, 0.2) is 87.8 Å². The van der Waals surface area contributed by atoms with Gasteiger partial charge in [0, 0.05) is 22.2 Å². The normalized spacial score (nSPS) is 11.8. The third-order valence-electron chi connectivity index (χ3n) is 3.91. The molecule has 4 aromatic rings. The van der Waals surface area contributed by atoms with Crippen molar-refractivity contribution in [2.75, 3.05) is 0 Å². The molecule has 1 N–H and O–H groups in total. The predicted molar refractivity (Wildman–Crippen MR) is 99.5 cm³/mol. The van der Waals surface area contributed by atoms with E-state index in [1.54, 1.807) is 12.1 Å². The van der Waals surface area contributed by atoms with E-state index in [0.717, 1.165) is 37.8 Å². The summed E-state index contributed by atoms with van der Waals surface area (Å²) in [5, 5.41) is 1.84. The van der Waals surface area contributed by atoms with Crippen molar-refractivity contribution < 1.29 is 13.8 Å². The van der Waals surface area contributed by atoms with Crippen LogP contribution in [0, 0.1) is 5.82 Å². The van der Waals surface area contributed by atoms with Gasteiger partial charge in [-0.15, -0.1) is 0 Å². The summed E-state index contributed by atoms with van der Waals surface area (Å²) in [4.78, 5) is 3.36. The number of nitrogens with one attached hydrogen (secondary N) is 1. The van der Waals surface area contributed by atoms with Crippen molar-refractivity contribution >= 4 is 32.6 Å². The Morgan fingerprint density at radius 3 is 2.36 bits per heavy atom. The minimum absolute atomic E-state index is 0.258. The smallest absolute Gasteiger partial charge is 0.218 e. The molecule has 0 bridgehead atoms. The fourth-order valence-corrected chi connectivity index (χ4v) is 3.06. The molecular weight excluding hydrogens is 381 g/mol. The van der Waals surface area contributed by atoms with Crippen molar-refractivity contribution in [3.63, 3.8) is 0 Å². The summed E-state index contributed by atoms with van der Waals surface area (Å²) < 4.78 is 20.2. The number of hydrogen-bond donors (Lipinski definition) is 1. The molecule has 0 aliphatic carbocycles. The minimum Gasteiger partial charge on any atom is -0.456 e. The van der Waals surface area contributed by atoms with E-state index in [1.807, 2.05) is 54.6 Å². The minimum atomic E-state index is -0.258. The van der Waals surface area contributed by atoms with Gasteiger partial charge in [0.25, 0.3) is 0 Å². The summed E-state index contributed by atoms with van der Waals surface area (Å²) in [7, 11) is 0. The first-order chi connectivity index (χ1) is 12.2. The third kappa shape index (κ3) is 3.39. The molecule has 0 radical (unpaired) electrons. The lowest BCUT2D eigenvalue weighted by Crippen LogP contribution is -2.70. The molecule has 0 saturated carbocycles. The van der Waals surface area contributed by atoms with Gasteiger partial charge in [0.15, 0.2) is 0 Å². The Kier molecular flexibility index (Phi) is 4.20. The van der Waals surface area contributed by atoms with Crippen molar-refractivity contribution in [1.82, 2.24) is 0 Å². The number of rotatable bonds is 2. The van der Waals surface area contributed by atoms with Gasteiger partial charge in [0.2, 0.25) is 11.0 Å². The van der Waals surface area contributed by atoms with Crippen LogP contribution in [0.25, 0.3) is 22.3 Å². The van der Waals surface area contributed by atoms with E-state index in [-0.39, 0.29) is 5.82 Å². The molecule has 25 heavy (non-hydrogen) atoms. The summed E-state index contributed by atoms with van der Waals surface area (Å²) in [6.07, 6.45) is 0. The van der Waals surface area contributed by atoms with Crippen molar-refractivity contribution in [2.45, 2.75) is 0 Å². The summed E-state index contributed by atoms with van der Waals surface area (Å²) in [5.41, 5.74) is 2.58. The zero-order valence-corrected chi connectivity index (χ0v) is 14.8. The van der Waals surface area contributed by atoms with Crippen LogP contribution < -0.4 is 10.3 Å². The topological polar surface area (TPSA) is 27.1 Å². The van der Waals surface area contributed by atoms with E-state index in [2.05, 4.69) is 20.9 Å². The molecule has 1 heterocycles. The summed E-state index contributed by atoms with van der Waals surface area (Å²) >= 11 is 3.51. The Hall–Kier alpha value is -2.72. The van der Waals surface area contributed by atoms with Gasteiger partial charge in [-0.1, -0.05) is 46.3 Å². The fraction of sp³-hybridized carbons (Fsp3) is 0. The fourth-order valence-electron chi connectivity index (χ4n) is 2.70. The van der Waals surface area contributed by atoms with Crippen molar-refractivity contribution in [1.29, 1.82) is 0 Å². The summed E-state index contributed by atoms with van der Waals surface area (Å²) in [6.45, 7) is 0. The van der Waals surface area contributed by atoms with Crippen LogP contribution in [0.1, 0.15) is 0 Å². The largest absolute Gasteiger partial charge is 0.456 e. The molecular formula is C21H14BrFNO+. The molecule has 0 aliphatic rings. The van der Waals surface area contributed by atoms with Crippen LogP contribution in [0.3, 0.4) is 0 Å². The number of hydrogen-bond acceptors (Lipinski definition) is 1. The molecule has 0 saturated heterocycles. The van der Waals surface area contributed by atoms with Crippen LogP contribution in [0.2, 0.25) is 0 Å².